The van der Waals surface area contributed by atoms with Crippen molar-refractivity contribution in [1.29, 1.82) is 0 Å². The summed E-state index contributed by atoms with van der Waals surface area (Å²) in [5.41, 5.74) is 2.88. The molecule has 2 rings (SSSR count). The van der Waals surface area contributed by atoms with Crippen LogP contribution in [0.2, 0.25) is 0 Å². The molecule has 0 radical (unpaired) electrons. The summed E-state index contributed by atoms with van der Waals surface area (Å²) in [4.78, 5) is 4.75. The lowest BCUT2D eigenvalue weighted by atomic mass is 10.0. The molecule has 0 saturated carbocycles. The minimum atomic E-state index is -0.157. The summed E-state index contributed by atoms with van der Waals surface area (Å²) in [7, 11) is 0. The summed E-state index contributed by atoms with van der Waals surface area (Å²) in [5, 5.41) is 6.70. The van der Waals surface area contributed by atoms with E-state index >= 15 is 0 Å². The third-order valence-corrected chi connectivity index (χ3v) is 4.42. The van der Waals surface area contributed by atoms with Gasteiger partial charge < -0.3 is 5.32 Å². The Bertz CT molecular complexity index is 592. The first-order chi connectivity index (χ1) is 10.0. The van der Waals surface area contributed by atoms with Crippen molar-refractivity contribution < 1.29 is 4.39 Å². The van der Waals surface area contributed by atoms with Gasteiger partial charge in [-0.3, -0.25) is 0 Å². The highest BCUT2D eigenvalue weighted by Crippen LogP contribution is 2.28. The molecule has 1 heterocycles. The van der Waals surface area contributed by atoms with Crippen molar-refractivity contribution in [3.05, 3.63) is 51.2 Å². The molecule has 1 N–H and O–H groups in total. The van der Waals surface area contributed by atoms with Crippen LogP contribution >= 0.6 is 11.3 Å². The number of aromatic nitrogens is 1. The van der Waals surface area contributed by atoms with Crippen LogP contribution in [0.3, 0.4) is 0 Å². The molecular formula is C17H23FN2S. The van der Waals surface area contributed by atoms with E-state index in [4.69, 9.17) is 4.98 Å². The molecule has 1 aromatic heterocycles. The van der Waals surface area contributed by atoms with Crippen molar-refractivity contribution in [2.45, 2.75) is 46.1 Å². The molecular weight excluding hydrogens is 283 g/mol. The van der Waals surface area contributed by atoms with E-state index < -0.39 is 0 Å². The van der Waals surface area contributed by atoms with Gasteiger partial charge in [0, 0.05) is 5.38 Å². The summed E-state index contributed by atoms with van der Waals surface area (Å²) in [5.74, 6) is 0.270. The van der Waals surface area contributed by atoms with Crippen molar-refractivity contribution in [3.63, 3.8) is 0 Å². The Hall–Kier alpha value is -1.26. The first-order valence-electron chi connectivity index (χ1n) is 7.47. The quantitative estimate of drug-likeness (QED) is 0.829. The van der Waals surface area contributed by atoms with E-state index in [1.165, 1.54) is 0 Å². The van der Waals surface area contributed by atoms with E-state index in [0.29, 0.717) is 11.5 Å². The summed E-state index contributed by atoms with van der Waals surface area (Å²) in [6, 6.07) is 5.36. The van der Waals surface area contributed by atoms with Gasteiger partial charge in [-0.1, -0.05) is 32.9 Å². The zero-order valence-electron chi connectivity index (χ0n) is 13.1. The molecule has 21 heavy (non-hydrogen) atoms. The molecule has 0 fully saturated rings. The number of nitrogens with one attached hydrogen (secondary N) is 1. The summed E-state index contributed by atoms with van der Waals surface area (Å²) < 4.78 is 13.5. The minimum Gasteiger partial charge on any atom is -0.304 e. The van der Waals surface area contributed by atoms with Crippen molar-refractivity contribution in [2.75, 3.05) is 6.54 Å². The number of benzene rings is 1. The van der Waals surface area contributed by atoms with Crippen molar-refractivity contribution in [1.82, 2.24) is 10.3 Å². The fourth-order valence-corrected chi connectivity index (χ4v) is 3.26. The standard InChI is InChI=1S/C17H23FN2S/c1-5-8-19-16(13-6-7-14(18)12(4)9-13)17-20-15(10-21-17)11(2)3/h6-7,9-11,16,19H,5,8H2,1-4H3. The van der Waals surface area contributed by atoms with Crippen LogP contribution in [0.1, 0.15) is 61.0 Å². The van der Waals surface area contributed by atoms with Crippen LogP contribution in [0.25, 0.3) is 0 Å². The predicted molar refractivity (Wildman–Crippen MR) is 87.5 cm³/mol. The third kappa shape index (κ3) is 3.89. The molecule has 2 aromatic rings. The molecule has 0 saturated heterocycles. The Morgan fingerprint density at radius 2 is 2.10 bits per heavy atom. The molecule has 1 aromatic carbocycles. The SMILES string of the molecule is CCCNC(c1ccc(F)c(C)c1)c1nc(C(C)C)cs1. The van der Waals surface area contributed by atoms with Gasteiger partial charge in [0.25, 0.3) is 0 Å². The Morgan fingerprint density at radius 3 is 2.67 bits per heavy atom. The van der Waals surface area contributed by atoms with Crippen LogP contribution in [0.4, 0.5) is 4.39 Å². The first kappa shape index (κ1) is 16.1. The smallest absolute Gasteiger partial charge is 0.126 e. The zero-order valence-corrected chi connectivity index (χ0v) is 13.9. The number of thiazole rings is 1. The highest BCUT2D eigenvalue weighted by molar-refractivity contribution is 7.09. The van der Waals surface area contributed by atoms with Crippen LogP contribution in [0, 0.1) is 12.7 Å². The fourth-order valence-electron chi connectivity index (χ4n) is 2.18. The second-order valence-corrected chi connectivity index (χ2v) is 6.55. The Kier molecular flexibility index (Phi) is 5.48. The van der Waals surface area contributed by atoms with Crippen molar-refractivity contribution in [2.24, 2.45) is 0 Å². The summed E-state index contributed by atoms with van der Waals surface area (Å²) in [6.07, 6.45) is 1.05. The molecule has 0 amide bonds. The Balaban J connectivity index is 2.34. The zero-order chi connectivity index (χ0) is 15.4. The van der Waals surface area contributed by atoms with Gasteiger partial charge in [0.15, 0.2) is 0 Å². The summed E-state index contributed by atoms with van der Waals surface area (Å²) >= 11 is 1.67. The molecule has 4 heteroatoms. The largest absolute Gasteiger partial charge is 0.304 e. The third-order valence-electron chi connectivity index (χ3n) is 3.49. The van der Waals surface area contributed by atoms with Gasteiger partial charge in [-0.2, -0.15) is 0 Å². The van der Waals surface area contributed by atoms with Gasteiger partial charge in [0.2, 0.25) is 0 Å². The molecule has 0 aliphatic rings. The molecule has 2 nitrogen and oxygen atoms in total. The monoisotopic (exact) mass is 306 g/mol. The van der Waals surface area contributed by atoms with Crippen LogP contribution < -0.4 is 5.32 Å². The molecule has 1 atom stereocenters. The average Bonchev–Trinajstić information content (AvgIpc) is 2.93. The van der Waals surface area contributed by atoms with E-state index in [1.54, 1.807) is 24.3 Å². The maximum atomic E-state index is 13.5. The number of hydrogen-bond donors (Lipinski definition) is 1. The molecule has 0 aliphatic heterocycles. The first-order valence-corrected chi connectivity index (χ1v) is 8.35. The number of aryl methyl sites for hydroxylation is 1. The van der Waals surface area contributed by atoms with E-state index in [9.17, 15) is 4.39 Å². The maximum Gasteiger partial charge on any atom is 0.126 e. The van der Waals surface area contributed by atoms with Gasteiger partial charge in [-0.25, -0.2) is 9.37 Å². The summed E-state index contributed by atoms with van der Waals surface area (Å²) in [6.45, 7) is 9.15. The second-order valence-electron chi connectivity index (χ2n) is 5.66. The van der Waals surface area contributed by atoms with Gasteiger partial charge in [0.1, 0.15) is 10.8 Å². The number of halogens is 1. The lowest BCUT2D eigenvalue weighted by Crippen LogP contribution is -2.23. The molecule has 0 aliphatic carbocycles. The van der Waals surface area contributed by atoms with Crippen molar-refractivity contribution in [3.8, 4) is 0 Å². The van der Waals surface area contributed by atoms with Gasteiger partial charge in [-0.05, 0) is 43.0 Å². The molecule has 1 unspecified atom stereocenters. The van der Waals surface area contributed by atoms with Crippen LogP contribution in [0.5, 0.6) is 0 Å². The van der Waals surface area contributed by atoms with E-state index in [1.807, 2.05) is 12.1 Å². The number of hydrogen-bond acceptors (Lipinski definition) is 3. The van der Waals surface area contributed by atoms with E-state index in [2.05, 4.69) is 31.5 Å². The Morgan fingerprint density at radius 1 is 1.33 bits per heavy atom. The average molecular weight is 306 g/mol. The van der Waals surface area contributed by atoms with Crippen LogP contribution in [-0.4, -0.2) is 11.5 Å². The topological polar surface area (TPSA) is 24.9 Å². The fraction of sp³-hybridized carbons (Fsp3) is 0.471. The maximum absolute atomic E-state index is 13.5. The highest BCUT2D eigenvalue weighted by atomic mass is 32.1. The number of nitrogens with zero attached hydrogens (tertiary/aromatic N) is 1. The van der Waals surface area contributed by atoms with Crippen LogP contribution in [0.15, 0.2) is 23.6 Å². The predicted octanol–water partition coefficient (Wildman–Crippen LogP) is 4.80. The van der Waals surface area contributed by atoms with Gasteiger partial charge in [0.05, 0.1) is 11.7 Å². The van der Waals surface area contributed by atoms with Crippen LogP contribution in [-0.2, 0) is 0 Å². The Labute approximate surface area is 130 Å². The van der Waals surface area contributed by atoms with Gasteiger partial charge >= 0.3 is 0 Å². The highest BCUT2D eigenvalue weighted by Gasteiger charge is 2.18. The van der Waals surface area contributed by atoms with Crippen molar-refractivity contribution >= 4 is 11.3 Å². The molecule has 114 valence electrons. The normalized spacial score (nSPS) is 12.9. The second kappa shape index (κ2) is 7.14. The van der Waals surface area contributed by atoms with Gasteiger partial charge in [-0.15, -0.1) is 11.3 Å². The minimum absolute atomic E-state index is 0.0433. The molecule has 0 spiro atoms. The lowest BCUT2D eigenvalue weighted by Gasteiger charge is -2.17. The number of rotatable bonds is 6. The lowest BCUT2D eigenvalue weighted by molar-refractivity contribution is 0.586. The van der Waals surface area contributed by atoms with E-state index in [-0.39, 0.29) is 11.9 Å². The molecule has 0 bridgehead atoms. The van der Waals surface area contributed by atoms with E-state index in [0.717, 1.165) is 29.2 Å².